The SMILES string of the molecule is CCOc1ccc(NC(=O)COc2cc([N+](=O)[O-])ccc2F)c([N+](=O)[O-])c1. The topological polar surface area (TPSA) is 134 Å². The molecule has 142 valence electrons. The van der Waals surface area contributed by atoms with Crippen molar-refractivity contribution < 1.29 is 28.5 Å². The fourth-order valence-corrected chi connectivity index (χ4v) is 2.07. The molecule has 0 aliphatic carbocycles. The van der Waals surface area contributed by atoms with E-state index in [2.05, 4.69) is 5.32 Å². The number of nitro benzene ring substituents is 2. The molecule has 27 heavy (non-hydrogen) atoms. The average Bonchev–Trinajstić information content (AvgIpc) is 2.62. The molecular weight excluding hydrogens is 365 g/mol. The van der Waals surface area contributed by atoms with Crippen LogP contribution in [0.15, 0.2) is 36.4 Å². The second-order valence-corrected chi connectivity index (χ2v) is 5.08. The van der Waals surface area contributed by atoms with E-state index in [0.717, 1.165) is 24.3 Å². The first-order valence-corrected chi connectivity index (χ1v) is 7.59. The Labute approximate surface area is 151 Å². The van der Waals surface area contributed by atoms with Crippen LogP contribution in [0.3, 0.4) is 0 Å². The van der Waals surface area contributed by atoms with Crippen molar-refractivity contribution in [1.29, 1.82) is 0 Å². The summed E-state index contributed by atoms with van der Waals surface area (Å²) >= 11 is 0. The minimum absolute atomic E-state index is 0.100. The van der Waals surface area contributed by atoms with Crippen LogP contribution in [-0.2, 0) is 4.79 Å². The predicted octanol–water partition coefficient (Wildman–Crippen LogP) is 3.06. The number of nitro groups is 2. The molecule has 10 nitrogen and oxygen atoms in total. The van der Waals surface area contributed by atoms with Crippen LogP contribution in [-0.4, -0.2) is 29.0 Å². The summed E-state index contributed by atoms with van der Waals surface area (Å²) in [7, 11) is 0. The van der Waals surface area contributed by atoms with Gasteiger partial charge in [0.15, 0.2) is 18.2 Å². The lowest BCUT2D eigenvalue weighted by Gasteiger charge is -2.10. The molecular formula is C16H14FN3O7. The van der Waals surface area contributed by atoms with Crippen LogP contribution in [0, 0.1) is 26.0 Å². The number of amides is 1. The van der Waals surface area contributed by atoms with E-state index >= 15 is 0 Å². The van der Waals surface area contributed by atoms with Crippen LogP contribution in [0.2, 0.25) is 0 Å². The Balaban J connectivity index is 2.09. The predicted molar refractivity (Wildman–Crippen MR) is 91.4 cm³/mol. The molecule has 0 heterocycles. The van der Waals surface area contributed by atoms with Crippen LogP contribution in [0.25, 0.3) is 0 Å². The Bertz CT molecular complexity index is 888. The highest BCUT2D eigenvalue weighted by Crippen LogP contribution is 2.29. The van der Waals surface area contributed by atoms with Crippen molar-refractivity contribution in [2.45, 2.75) is 6.92 Å². The molecule has 0 saturated carbocycles. The first-order chi connectivity index (χ1) is 12.8. The molecule has 1 N–H and O–H groups in total. The first-order valence-electron chi connectivity index (χ1n) is 7.59. The summed E-state index contributed by atoms with van der Waals surface area (Å²) in [5.74, 6) is -1.92. The van der Waals surface area contributed by atoms with Gasteiger partial charge in [-0.3, -0.25) is 25.0 Å². The normalized spacial score (nSPS) is 10.1. The smallest absolute Gasteiger partial charge is 0.296 e. The van der Waals surface area contributed by atoms with E-state index in [1.807, 2.05) is 0 Å². The molecule has 0 radical (unpaired) electrons. The van der Waals surface area contributed by atoms with Gasteiger partial charge in [0.05, 0.1) is 28.6 Å². The van der Waals surface area contributed by atoms with Crippen molar-refractivity contribution in [2.24, 2.45) is 0 Å². The molecule has 0 unspecified atom stereocenters. The summed E-state index contributed by atoms with van der Waals surface area (Å²) in [5.41, 5.74) is -0.902. The highest BCUT2D eigenvalue weighted by molar-refractivity contribution is 5.94. The van der Waals surface area contributed by atoms with E-state index in [9.17, 15) is 29.4 Å². The number of non-ortho nitro benzene ring substituents is 1. The first kappa shape index (κ1) is 19.6. The molecule has 0 aliphatic heterocycles. The van der Waals surface area contributed by atoms with Crippen molar-refractivity contribution in [3.8, 4) is 11.5 Å². The summed E-state index contributed by atoms with van der Waals surface area (Å²) in [6, 6.07) is 6.50. The van der Waals surface area contributed by atoms with E-state index in [1.54, 1.807) is 6.92 Å². The van der Waals surface area contributed by atoms with E-state index in [4.69, 9.17) is 9.47 Å². The van der Waals surface area contributed by atoms with Crippen LogP contribution in [0.5, 0.6) is 11.5 Å². The number of hydrogen-bond donors (Lipinski definition) is 1. The lowest BCUT2D eigenvalue weighted by molar-refractivity contribution is -0.385. The lowest BCUT2D eigenvalue weighted by Crippen LogP contribution is -2.21. The quantitative estimate of drug-likeness (QED) is 0.550. The number of nitrogens with one attached hydrogen (secondary N) is 1. The molecule has 0 bridgehead atoms. The van der Waals surface area contributed by atoms with Gasteiger partial charge in [0.2, 0.25) is 0 Å². The molecule has 0 aliphatic rings. The molecule has 0 aromatic heterocycles. The van der Waals surface area contributed by atoms with Crippen molar-refractivity contribution in [3.05, 3.63) is 62.4 Å². The zero-order valence-electron chi connectivity index (χ0n) is 14.0. The number of nitrogens with zero attached hydrogens (tertiary/aromatic N) is 2. The maximum atomic E-state index is 13.6. The van der Waals surface area contributed by atoms with Crippen LogP contribution >= 0.6 is 0 Å². The third kappa shape index (κ3) is 5.11. The fraction of sp³-hybridized carbons (Fsp3) is 0.188. The fourth-order valence-electron chi connectivity index (χ4n) is 2.07. The molecule has 0 atom stereocenters. The molecule has 0 spiro atoms. The van der Waals surface area contributed by atoms with Gasteiger partial charge >= 0.3 is 0 Å². The lowest BCUT2D eigenvalue weighted by atomic mass is 10.2. The Morgan fingerprint density at radius 3 is 2.48 bits per heavy atom. The molecule has 0 saturated heterocycles. The number of ether oxygens (including phenoxy) is 2. The summed E-state index contributed by atoms with van der Waals surface area (Å²) in [4.78, 5) is 32.4. The molecule has 1 amide bonds. The second kappa shape index (κ2) is 8.56. The number of halogens is 1. The number of carbonyl (C=O) groups excluding carboxylic acids is 1. The van der Waals surface area contributed by atoms with Crippen molar-refractivity contribution in [1.82, 2.24) is 0 Å². The van der Waals surface area contributed by atoms with Crippen molar-refractivity contribution >= 4 is 23.0 Å². The van der Waals surface area contributed by atoms with E-state index in [-0.39, 0.29) is 11.4 Å². The zero-order valence-corrected chi connectivity index (χ0v) is 14.0. The van der Waals surface area contributed by atoms with Crippen molar-refractivity contribution in [3.63, 3.8) is 0 Å². The number of carbonyl (C=O) groups is 1. The largest absolute Gasteiger partial charge is 0.494 e. The number of rotatable bonds is 8. The average molecular weight is 379 g/mol. The Hall–Kier alpha value is -3.76. The van der Waals surface area contributed by atoms with Gasteiger partial charge in [0, 0.05) is 6.07 Å². The van der Waals surface area contributed by atoms with Gasteiger partial charge < -0.3 is 14.8 Å². The molecule has 0 fully saturated rings. The minimum atomic E-state index is -0.888. The van der Waals surface area contributed by atoms with Crippen molar-refractivity contribution in [2.75, 3.05) is 18.5 Å². The highest BCUT2D eigenvalue weighted by atomic mass is 19.1. The molecule has 2 rings (SSSR count). The summed E-state index contributed by atoms with van der Waals surface area (Å²) in [6.45, 7) is 1.32. The summed E-state index contributed by atoms with van der Waals surface area (Å²) < 4.78 is 23.7. The van der Waals surface area contributed by atoms with Gasteiger partial charge in [-0.1, -0.05) is 0 Å². The third-order valence-corrected chi connectivity index (χ3v) is 3.24. The molecule has 2 aromatic carbocycles. The molecule has 11 heteroatoms. The number of hydrogen-bond acceptors (Lipinski definition) is 7. The van der Waals surface area contributed by atoms with Gasteiger partial charge in [-0.2, -0.15) is 0 Å². The zero-order chi connectivity index (χ0) is 20.0. The maximum absolute atomic E-state index is 13.6. The second-order valence-electron chi connectivity index (χ2n) is 5.08. The van der Waals surface area contributed by atoms with Gasteiger partial charge in [0.25, 0.3) is 17.3 Å². The van der Waals surface area contributed by atoms with Crippen LogP contribution in [0.4, 0.5) is 21.5 Å². The summed E-state index contributed by atoms with van der Waals surface area (Å²) in [6.07, 6.45) is 0. The van der Waals surface area contributed by atoms with E-state index in [0.29, 0.717) is 6.61 Å². The van der Waals surface area contributed by atoms with Crippen LogP contribution in [0.1, 0.15) is 6.92 Å². The van der Waals surface area contributed by atoms with Gasteiger partial charge in [0.1, 0.15) is 11.4 Å². The Morgan fingerprint density at radius 1 is 1.11 bits per heavy atom. The monoisotopic (exact) mass is 379 g/mol. The maximum Gasteiger partial charge on any atom is 0.296 e. The minimum Gasteiger partial charge on any atom is -0.494 e. The molecule has 2 aromatic rings. The van der Waals surface area contributed by atoms with E-state index in [1.165, 1.54) is 12.1 Å². The number of benzene rings is 2. The third-order valence-electron chi connectivity index (χ3n) is 3.24. The Kier molecular flexibility index (Phi) is 6.20. The van der Waals surface area contributed by atoms with Crippen LogP contribution < -0.4 is 14.8 Å². The highest BCUT2D eigenvalue weighted by Gasteiger charge is 2.18. The summed E-state index contributed by atoms with van der Waals surface area (Å²) in [5, 5.41) is 24.1. The van der Waals surface area contributed by atoms with Gasteiger partial charge in [-0.25, -0.2) is 4.39 Å². The standard InChI is InChI=1S/C16H14FN3O7/c1-2-26-11-4-6-13(14(8-11)20(24)25)18-16(21)9-27-15-7-10(19(22)23)3-5-12(15)17/h3-8H,2,9H2,1H3,(H,18,21). The Morgan fingerprint density at radius 2 is 1.85 bits per heavy atom. The van der Waals surface area contributed by atoms with Gasteiger partial charge in [-0.05, 0) is 25.1 Å². The number of anilines is 1. The van der Waals surface area contributed by atoms with Gasteiger partial charge in [-0.15, -0.1) is 0 Å². The van der Waals surface area contributed by atoms with E-state index < -0.39 is 45.3 Å².